The molecular formula is C38H45N3O12S. The molecule has 1 heterocycles. The van der Waals surface area contributed by atoms with Crippen LogP contribution < -0.4 is 16.0 Å². The molecule has 4 unspecified atom stereocenters. The van der Waals surface area contributed by atoms with Gasteiger partial charge in [0, 0.05) is 50.4 Å². The van der Waals surface area contributed by atoms with Crippen LogP contribution in [0.3, 0.4) is 0 Å². The van der Waals surface area contributed by atoms with Gasteiger partial charge in [0.05, 0.1) is 18.3 Å². The van der Waals surface area contributed by atoms with Gasteiger partial charge in [0.25, 0.3) is 11.8 Å². The van der Waals surface area contributed by atoms with Crippen LogP contribution in [0.4, 0.5) is 0 Å². The summed E-state index contributed by atoms with van der Waals surface area (Å²) >= 11 is 1.51. The molecule has 1 saturated heterocycles. The molecule has 290 valence electrons. The Kier molecular flexibility index (Phi) is 13.1. The first-order valence-corrected chi connectivity index (χ1v) is 18.5. The summed E-state index contributed by atoms with van der Waals surface area (Å²) in [5.41, 5.74) is -1.60. The second-order valence-corrected chi connectivity index (χ2v) is 14.3. The summed E-state index contributed by atoms with van der Waals surface area (Å²) < 4.78 is 17.2. The number of carbonyl (C=O) groups is 4. The van der Waals surface area contributed by atoms with E-state index in [1.54, 1.807) is 24.3 Å². The van der Waals surface area contributed by atoms with E-state index in [4.69, 9.17) is 19.3 Å². The largest absolute Gasteiger partial charge is 0.478 e. The van der Waals surface area contributed by atoms with Gasteiger partial charge in [0.1, 0.15) is 23.3 Å². The highest BCUT2D eigenvalue weighted by atomic mass is 32.2. The van der Waals surface area contributed by atoms with Crippen LogP contribution in [-0.2, 0) is 19.0 Å². The van der Waals surface area contributed by atoms with Crippen LogP contribution in [-0.4, -0.2) is 129 Å². The van der Waals surface area contributed by atoms with Crippen molar-refractivity contribution in [3.63, 3.8) is 0 Å². The highest BCUT2D eigenvalue weighted by Gasteiger charge is 2.88. The number of benzene rings is 3. The minimum absolute atomic E-state index is 0.0163. The van der Waals surface area contributed by atoms with Crippen molar-refractivity contribution in [2.45, 2.75) is 61.3 Å². The number of rotatable bonds is 18. The van der Waals surface area contributed by atoms with Crippen LogP contribution in [0.1, 0.15) is 50.8 Å². The molecule has 0 radical (unpaired) electrons. The summed E-state index contributed by atoms with van der Waals surface area (Å²) in [5, 5.41) is 62.4. The monoisotopic (exact) mass is 767 g/mol. The third kappa shape index (κ3) is 8.45. The molecule has 54 heavy (non-hydrogen) atoms. The SMILES string of the molecule is COC(O)[C@@]1(OCCCSCCNC(=O)c2ccc(C(=O)O)cc2)CC(O)[C@]2(NC(C)=O)C(O1)C2(O)[C@H](O)CNC(=O)c1ccc(-c2ccccc2)cc1. The molecule has 7 atom stereocenters. The predicted molar refractivity (Wildman–Crippen MR) is 197 cm³/mol. The van der Waals surface area contributed by atoms with Gasteiger partial charge in [-0.1, -0.05) is 42.5 Å². The fraction of sp³-hybridized carbons (Fsp3) is 0.421. The summed E-state index contributed by atoms with van der Waals surface area (Å²) in [5.74, 6) is -3.44. The van der Waals surface area contributed by atoms with Crippen molar-refractivity contribution in [3.8, 4) is 11.1 Å². The molecule has 3 aromatic rings. The average Bonchev–Trinajstić information content (AvgIpc) is 3.71. The first kappa shape index (κ1) is 40.8. The number of ether oxygens (including phenoxy) is 3. The van der Waals surface area contributed by atoms with Crippen molar-refractivity contribution in [3.05, 3.63) is 95.6 Å². The lowest BCUT2D eigenvalue weighted by molar-refractivity contribution is -0.364. The molecule has 1 aliphatic heterocycles. The lowest BCUT2D eigenvalue weighted by Crippen LogP contribution is -2.63. The molecule has 5 rings (SSSR count). The zero-order chi connectivity index (χ0) is 39.1. The summed E-state index contributed by atoms with van der Waals surface area (Å²) in [6, 6.07) is 22.0. The molecule has 1 saturated carbocycles. The summed E-state index contributed by atoms with van der Waals surface area (Å²) in [6.07, 6.45) is -6.56. The van der Waals surface area contributed by atoms with Crippen molar-refractivity contribution in [1.29, 1.82) is 0 Å². The van der Waals surface area contributed by atoms with Gasteiger partial charge in [-0.05, 0) is 59.7 Å². The molecule has 2 aliphatic rings. The minimum Gasteiger partial charge on any atom is -0.478 e. The zero-order valence-electron chi connectivity index (χ0n) is 29.8. The van der Waals surface area contributed by atoms with Crippen LogP contribution in [0.2, 0.25) is 0 Å². The van der Waals surface area contributed by atoms with E-state index in [-0.39, 0.29) is 18.1 Å². The number of carboxylic acids is 1. The van der Waals surface area contributed by atoms with Crippen molar-refractivity contribution in [1.82, 2.24) is 16.0 Å². The van der Waals surface area contributed by atoms with E-state index < -0.39 is 72.3 Å². The average molecular weight is 768 g/mol. The Hall–Kier alpha value is -4.39. The quantitative estimate of drug-likeness (QED) is 0.0671. The highest BCUT2D eigenvalue weighted by molar-refractivity contribution is 7.99. The molecule has 2 fully saturated rings. The fourth-order valence-electron chi connectivity index (χ4n) is 6.77. The summed E-state index contributed by atoms with van der Waals surface area (Å²) in [7, 11) is 1.20. The van der Waals surface area contributed by atoms with Gasteiger partial charge < -0.3 is 55.7 Å². The van der Waals surface area contributed by atoms with E-state index in [9.17, 15) is 39.6 Å². The van der Waals surface area contributed by atoms with E-state index in [1.165, 1.54) is 50.1 Å². The molecule has 0 bridgehead atoms. The van der Waals surface area contributed by atoms with Crippen LogP contribution in [0.25, 0.3) is 11.1 Å². The minimum atomic E-state index is -2.31. The Morgan fingerprint density at radius 2 is 1.48 bits per heavy atom. The molecule has 3 aromatic carbocycles. The third-order valence-corrected chi connectivity index (χ3v) is 10.7. The number of hydrogen-bond donors (Lipinski definition) is 8. The van der Waals surface area contributed by atoms with Gasteiger partial charge >= 0.3 is 5.97 Å². The summed E-state index contributed by atoms with van der Waals surface area (Å²) in [6.45, 7) is 1.07. The number of fused-ring (bicyclic) bond motifs is 1. The van der Waals surface area contributed by atoms with Crippen LogP contribution in [0, 0.1) is 0 Å². The fourth-order valence-corrected chi connectivity index (χ4v) is 7.54. The number of aromatic carboxylic acids is 1. The van der Waals surface area contributed by atoms with Gasteiger partial charge in [-0.25, -0.2) is 4.79 Å². The molecule has 16 heteroatoms. The number of thioether (sulfide) groups is 1. The van der Waals surface area contributed by atoms with Crippen LogP contribution >= 0.6 is 11.8 Å². The molecular weight excluding hydrogens is 722 g/mol. The maximum absolute atomic E-state index is 13.0. The van der Waals surface area contributed by atoms with Crippen molar-refractivity contribution < 1.29 is 58.9 Å². The van der Waals surface area contributed by atoms with Gasteiger partial charge in [0.15, 0.2) is 0 Å². The van der Waals surface area contributed by atoms with Gasteiger partial charge in [0.2, 0.25) is 18.0 Å². The highest BCUT2D eigenvalue weighted by Crippen LogP contribution is 2.61. The number of hydrogen-bond acceptors (Lipinski definition) is 12. The molecule has 0 aromatic heterocycles. The zero-order valence-corrected chi connectivity index (χ0v) is 30.6. The second-order valence-electron chi connectivity index (χ2n) is 13.1. The van der Waals surface area contributed by atoms with Crippen molar-refractivity contribution in [2.24, 2.45) is 0 Å². The first-order valence-electron chi connectivity index (χ1n) is 17.3. The number of carbonyl (C=O) groups excluding carboxylic acids is 3. The lowest BCUT2D eigenvalue weighted by Gasteiger charge is -2.43. The second kappa shape index (κ2) is 17.4. The van der Waals surface area contributed by atoms with E-state index in [2.05, 4.69) is 16.0 Å². The Morgan fingerprint density at radius 3 is 2.09 bits per heavy atom. The Balaban J connectivity index is 1.15. The van der Waals surface area contributed by atoms with E-state index in [0.29, 0.717) is 35.6 Å². The van der Waals surface area contributed by atoms with E-state index in [0.717, 1.165) is 11.1 Å². The lowest BCUT2D eigenvalue weighted by atomic mass is 9.92. The normalized spacial score (nSPS) is 25.4. The number of aliphatic hydroxyl groups is 4. The number of aliphatic hydroxyl groups excluding tert-OH is 3. The third-order valence-electron chi connectivity index (χ3n) is 9.62. The van der Waals surface area contributed by atoms with Gasteiger partial charge in [-0.15, -0.1) is 0 Å². The predicted octanol–water partition coefficient (Wildman–Crippen LogP) is 1.14. The molecule has 1 aliphatic carbocycles. The van der Waals surface area contributed by atoms with Crippen LogP contribution in [0.15, 0.2) is 78.9 Å². The van der Waals surface area contributed by atoms with Crippen molar-refractivity contribution >= 4 is 35.5 Å². The van der Waals surface area contributed by atoms with Crippen molar-refractivity contribution in [2.75, 3.05) is 38.3 Å². The standard InChI is InChI=1S/C38H45N3O12S/c1-23(42)41-37-29(43)21-36(35(49)51-2,52-18-6-19-54-20-17-39-31(45)26-13-15-28(16-14-26)33(47)48)53-34(37)38(37,50)30(44)22-40-32(46)27-11-9-25(10-12-27)24-7-4-3-5-8-24/h3-5,7-16,29-30,34-35,43-44,49-50H,6,17-22H2,1-2H3,(H,39,45)(H,40,46)(H,41,42)(H,47,48)/t29?,30-,34?,35?,36-,37+,38?/m1/s1. The van der Waals surface area contributed by atoms with Gasteiger partial charge in [-0.2, -0.15) is 11.8 Å². The Bertz CT molecular complexity index is 1780. The van der Waals surface area contributed by atoms with Crippen LogP contribution in [0.5, 0.6) is 0 Å². The molecule has 3 amide bonds. The van der Waals surface area contributed by atoms with Gasteiger partial charge in [-0.3, -0.25) is 14.4 Å². The Morgan fingerprint density at radius 1 is 0.889 bits per heavy atom. The smallest absolute Gasteiger partial charge is 0.335 e. The summed E-state index contributed by atoms with van der Waals surface area (Å²) in [4.78, 5) is 48.6. The first-order chi connectivity index (χ1) is 25.8. The van der Waals surface area contributed by atoms with E-state index in [1.807, 2.05) is 30.3 Å². The number of amides is 3. The topological polar surface area (TPSA) is 233 Å². The molecule has 8 N–H and O–H groups in total. The molecule has 0 spiro atoms. The maximum atomic E-state index is 13.0. The van der Waals surface area contributed by atoms with E-state index >= 15 is 0 Å². The molecule has 15 nitrogen and oxygen atoms in total. The Labute approximate surface area is 316 Å². The number of carboxylic acid groups (broad SMARTS) is 1. The maximum Gasteiger partial charge on any atom is 0.335 e. The number of methoxy groups -OCH3 is 1. The number of nitrogens with one attached hydrogen (secondary N) is 3.